The van der Waals surface area contributed by atoms with E-state index in [1.165, 1.54) is 12.5 Å². The molecule has 0 saturated heterocycles. The van der Waals surface area contributed by atoms with Crippen molar-refractivity contribution < 1.29 is 13.6 Å². The molecule has 0 aliphatic rings. The second-order valence-corrected chi connectivity index (χ2v) is 4.70. The normalized spacial score (nSPS) is 10.9. The van der Waals surface area contributed by atoms with Crippen LogP contribution in [-0.2, 0) is 0 Å². The minimum Gasteiger partial charge on any atom is -0.461 e. The van der Waals surface area contributed by atoms with Crippen molar-refractivity contribution in [3.8, 4) is 11.5 Å². The van der Waals surface area contributed by atoms with Crippen molar-refractivity contribution in [2.75, 3.05) is 0 Å². The molecule has 0 aliphatic carbocycles. The maximum absolute atomic E-state index is 12.5. The van der Waals surface area contributed by atoms with Crippen LogP contribution in [0.4, 0.5) is 0 Å². The highest BCUT2D eigenvalue weighted by Crippen LogP contribution is 2.26. The van der Waals surface area contributed by atoms with E-state index in [1.807, 2.05) is 30.3 Å². The van der Waals surface area contributed by atoms with Gasteiger partial charge in [-0.2, -0.15) is 0 Å². The molecule has 5 nitrogen and oxygen atoms in total. The molecule has 22 heavy (non-hydrogen) atoms. The average molecular weight is 290 g/mol. The minimum absolute atomic E-state index is 0.245. The van der Waals surface area contributed by atoms with Crippen LogP contribution in [0.25, 0.3) is 22.7 Å². The standard InChI is InChI=1S/C17H10N2O3/c20-15(13-7-4-10-21-13)12-8-9-18-17-14(12)19-16(22-17)11-5-2-1-3-6-11/h1-10H. The third kappa shape index (κ3) is 2.00. The van der Waals surface area contributed by atoms with E-state index in [4.69, 9.17) is 8.83 Å². The highest BCUT2D eigenvalue weighted by molar-refractivity contribution is 6.13. The number of benzene rings is 1. The lowest BCUT2D eigenvalue weighted by Gasteiger charge is -1.96. The molecule has 0 amide bonds. The number of carbonyl (C=O) groups excluding carboxylic acids is 1. The van der Waals surface area contributed by atoms with Gasteiger partial charge >= 0.3 is 0 Å². The van der Waals surface area contributed by atoms with Crippen molar-refractivity contribution in [1.82, 2.24) is 9.97 Å². The summed E-state index contributed by atoms with van der Waals surface area (Å²) in [6.07, 6.45) is 2.99. The first kappa shape index (κ1) is 12.5. The number of fused-ring (bicyclic) bond motifs is 1. The molecule has 0 radical (unpaired) electrons. The molecule has 4 rings (SSSR count). The number of hydrogen-bond donors (Lipinski definition) is 0. The number of furan rings is 1. The molecule has 0 atom stereocenters. The Bertz CT molecular complexity index is 941. The Kier molecular flexibility index (Phi) is 2.83. The third-order valence-corrected chi connectivity index (χ3v) is 3.31. The molecule has 5 heteroatoms. The number of ketones is 1. The molecule has 3 aromatic heterocycles. The summed E-state index contributed by atoms with van der Waals surface area (Å²) in [5, 5.41) is 0. The average Bonchev–Trinajstić information content (AvgIpc) is 3.24. The van der Waals surface area contributed by atoms with E-state index < -0.39 is 0 Å². The molecule has 0 bridgehead atoms. The summed E-state index contributed by atoms with van der Waals surface area (Å²) >= 11 is 0. The molecule has 0 fully saturated rings. The summed E-state index contributed by atoms with van der Waals surface area (Å²) in [4.78, 5) is 21.0. The fourth-order valence-corrected chi connectivity index (χ4v) is 2.26. The van der Waals surface area contributed by atoms with Crippen LogP contribution in [0.2, 0.25) is 0 Å². The van der Waals surface area contributed by atoms with Gasteiger partial charge in [0, 0.05) is 11.8 Å². The fourth-order valence-electron chi connectivity index (χ4n) is 2.26. The maximum Gasteiger partial charge on any atom is 0.248 e. The van der Waals surface area contributed by atoms with Crippen LogP contribution < -0.4 is 0 Å². The Morgan fingerprint density at radius 1 is 1.00 bits per heavy atom. The summed E-state index contributed by atoms with van der Waals surface area (Å²) in [6.45, 7) is 0. The number of rotatable bonds is 3. The Morgan fingerprint density at radius 2 is 1.86 bits per heavy atom. The quantitative estimate of drug-likeness (QED) is 0.538. The van der Waals surface area contributed by atoms with Gasteiger partial charge in [-0.05, 0) is 30.3 Å². The van der Waals surface area contributed by atoms with Crippen LogP contribution >= 0.6 is 0 Å². The van der Waals surface area contributed by atoms with Gasteiger partial charge in [-0.25, -0.2) is 9.97 Å². The van der Waals surface area contributed by atoms with Crippen molar-refractivity contribution in [1.29, 1.82) is 0 Å². The molecular formula is C17H10N2O3. The number of pyridine rings is 1. The van der Waals surface area contributed by atoms with E-state index in [0.717, 1.165) is 5.56 Å². The third-order valence-electron chi connectivity index (χ3n) is 3.31. The number of hydrogen-bond acceptors (Lipinski definition) is 5. The Hall–Kier alpha value is -3.21. The van der Waals surface area contributed by atoms with Crippen molar-refractivity contribution in [3.63, 3.8) is 0 Å². The van der Waals surface area contributed by atoms with Crippen LogP contribution in [0.3, 0.4) is 0 Å². The Labute approximate surface area is 125 Å². The van der Waals surface area contributed by atoms with Gasteiger partial charge in [0.2, 0.25) is 17.4 Å². The molecule has 4 aromatic rings. The van der Waals surface area contributed by atoms with Crippen molar-refractivity contribution in [3.05, 3.63) is 72.3 Å². The summed E-state index contributed by atoms with van der Waals surface area (Å²) in [6, 6.07) is 14.4. The monoisotopic (exact) mass is 290 g/mol. The second kappa shape index (κ2) is 4.96. The molecule has 1 aromatic carbocycles. The van der Waals surface area contributed by atoms with Gasteiger partial charge < -0.3 is 8.83 Å². The largest absolute Gasteiger partial charge is 0.461 e. The van der Waals surface area contributed by atoms with Crippen LogP contribution in [0.1, 0.15) is 16.1 Å². The highest BCUT2D eigenvalue weighted by Gasteiger charge is 2.19. The first-order chi connectivity index (χ1) is 10.8. The van der Waals surface area contributed by atoms with Crippen molar-refractivity contribution >= 4 is 17.0 Å². The molecule has 0 aliphatic heterocycles. The number of nitrogens with zero attached hydrogens (tertiary/aromatic N) is 2. The molecule has 0 spiro atoms. The SMILES string of the molecule is O=C(c1ccco1)c1ccnc2oc(-c3ccccc3)nc12. The van der Waals surface area contributed by atoms with Crippen LogP contribution in [-0.4, -0.2) is 15.8 Å². The lowest BCUT2D eigenvalue weighted by Crippen LogP contribution is -2.01. The fraction of sp³-hybridized carbons (Fsp3) is 0. The smallest absolute Gasteiger partial charge is 0.248 e. The summed E-state index contributed by atoms with van der Waals surface area (Å²) in [5.41, 5.74) is 2.00. The minimum atomic E-state index is -0.245. The van der Waals surface area contributed by atoms with Crippen LogP contribution in [0.5, 0.6) is 0 Å². The van der Waals surface area contributed by atoms with E-state index in [0.29, 0.717) is 22.7 Å². The topological polar surface area (TPSA) is 69.1 Å². The van der Waals surface area contributed by atoms with E-state index in [1.54, 1.807) is 18.2 Å². The number of oxazole rings is 1. The molecule has 0 saturated carbocycles. The van der Waals surface area contributed by atoms with Crippen LogP contribution in [0.15, 0.2) is 69.8 Å². The number of carbonyl (C=O) groups is 1. The lowest BCUT2D eigenvalue weighted by atomic mass is 10.1. The lowest BCUT2D eigenvalue weighted by molar-refractivity contribution is 0.101. The van der Waals surface area contributed by atoms with Gasteiger partial charge in [-0.15, -0.1) is 0 Å². The summed E-state index contributed by atoms with van der Waals surface area (Å²) in [5.74, 6) is 0.449. The van der Waals surface area contributed by atoms with Gasteiger partial charge in [-0.1, -0.05) is 18.2 Å². The number of aromatic nitrogens is 2. The summed E-state index contributed by atoms with van der Waals surface area (Å²) < 4.78 is 10.8. The Morgan fingerprint density at radius 3 is 2.64 bits per heavy atom. The zero-order chi connectivity index (χ0) is 14.9. The second-order valence-electron chi connectivity index (χ2n) is 4.70. The predicted molar refractivity (Wildman–Crippen MR) is 79.4 cm³/mol. The predicted octanol–water partition coefficient (Wildman–Crippen LogP) is 3.71. The van der Waals surface area contributed by atoms with Gasteiger partial charge in [0.25, 0.3) is 0 Å². The van der Waals surface area contributed by atoms with Gasteiger partial charge in [0.15, 0.2) is 5.76 Å². The van der Waals surface area contributed by atoms with E-state index in [2.05, 4.69) is 9.97 Å². The van der Waals surface area contributed by atoms with Crippen molar-refractivity contribution in [2.45, 2.75) is 0 Å². The van der Waals surface area contributed by atoms with E-state index in [9.17, 15) is 4.79 Å². The van der Waals surface area contributed by atoms with Gasteiger partial charge in [0.1, 0.15) is 5.52 Å². The highest BCUT2D eigenvalue weighted by atomic mass is 16.4. The maximum atomic E-state index is 12.5. The molecule has 3 heterocycles. The van der Waals surface area contributed by atoms with E-state index in [-0.39, 0.29) is 11.5 Å². The first-order valence-electron chi connectivity index (χ1n) is 6.72. The zero-order valence-electron chi connectivity index (χ0n) is 11.4. The van der Waals surface area contributed by atoms with E-state index >= 15 is 0 Å². The zero-order valence-corrected chi connectivity index (χ0v) is 11.4. The Balaban J connectivity index is 1.87. The molecule has 0 unspecified atom stereocenters. The summed E-state index contributed by atoms with van der Waals surface area (Å²) in [7, 11) is 0. The van der Waals surface area contributed by atoms with Gasteiger partial charge in [-0.3, -0.25) is 4.79 Å². The van der Waals surface area contributed by atoms with Crippen molar-refractivity contribution in [2.24, 2.45) is 0 Å². The molecule has 106 valence electrons. The first-order valence-corrected chi connectivity index (χ1v) is 6.72. The van der Waals surface area contributed by atoms with Gasteiger partial charge in [0.05, 0.1) is 11.8 Å². The molecular weight excluding hydrogens is 280 g/mol. The van der Waals surface area contributed by atoms with Crippen LogP contribution in [0, 0.1) is 0 Å². The molecule has 0 N–H and O–H groups in total.